The molecule has 1 radical (unpaired) electrons. The van der Waals surface area contributed by atoms with E-state index in [9.17, 15) is 8.78 Å². The van der Waals surface area contributed by atoms with Gasteiger partial charge in [0.1, 0.15) is 0 Å². The first-order chi connectivity index (χ1) is 5.20. The maximum atomic E-state index is 11.7. The highest BCUT2D eigenvalue weighted by atomic mass is 32.1. The Morgan fingerprint density at radius 1 is 1.64 bits per heavy atom. The lowest BCUT2D eigenvalue weighted by molar-refractivity contribution is 0.422. The Bertz CT molecular complexity index is 268. The summed E-state index contributed by atoms with van der Waals surface area (Å²) in [5, 5.41) is 3.42. The van der Waals surface area contributed by atoms with Gasteiger partial charge in [-0.05, 0) is 21.9 Å². The maximum Gasteiger partial charge on any atom is 0.270 e. The largest absolute Gasteiger partial charge is 0.270 e. The van der Waals surface area contributed by atoms with E-state index in [2.05, 4.69) is 12.6 Å². The summed E-state index contributed by atoms with van der Waals surface area (Å²) in [4.78, 5) is 0. The summed E-state index contributed by atoms with van der Waals surface area (Å²) in [6.07, 6.45) is -0.993. The fourth-order valence-corrected chi connectivity index (χ4v) is 1.23. The Kier molecular flexibility index (Phi) is 2.54. The summed E-state index contributed by atoms with van der Waals surface area (Å²) < 4.78 is 23.3. The smallest absolute Gasteiger partial charge is 0.173 e. The molecule has 0 atom stereocenters. The molecule has 0 spiro atoms. The summed E-state index contributed by atoms with van der Waals surface area (Å²) in [7, 11) is 0. The molecule has 3 heteroatoms. The van der Waals surface area contributed by atoms with Crippen molar-refractivity contribution in [2.24, 2.45) is 0 Å². The third kappa shape index (κ3) is 2.27. The van der Waals surface area contributed by atoms with Crippen molar-refractivity contribution in [3.8, 4) is 0 Å². The average molecular weight is 171 g/mol. The van der Waals surface area contributed by atoms with Gasteiger partial charge in [0.2, 0.25) is 0 Å². The number of hydrogen-bond acceptors (Lipinski definition) is 1. The fourth-order valence-electron chi connectivity index (χ4n) is 0.611. The fraction of sp³-hybridized carbons (Fsp3) is 0. The van der Waals surface area contributed by atoms with Crippen molar-refractivity contribution in [3.63, 3.8) is 0 Å². The zero-order valence-electron chi connectivity index (χ0n) is 5.60. The molecule has 0 aliphatic heterocycles. The molecule has 0 amide bonds. The number of rotatable bonds is 2. The molecule has 0 saturated carbocycles. The third-order valence-corrected chi connectivity index (χ3v) is 1.72. The second-order valence-corrected chi connectivity index (χ2v) is 2.63. The molecule has 0 nitrogen and oxygen atoms in total. The highest BCUT2D eigenvalue weighted by Crippen LogP contribution is 2.18. The molecular weight excluding hydrogens is 166 g/mol. The van der Waals surface area contributed by atoms with Gasteiger partial charge >= 0.3 is 0 Å². The van der Waals surface area contributed by atoms with Gasteiger partial charge in [0, 0.05) is 12.1 Å². The summed E-state index contributed by atoms with van der Waals surface area (Å²) in [6, 6.07) is 2.78. The van der Waals surface area contributed by atoms with Gasteiger partial charge < -0.3 is 0 Å². The molecule has 0 aliphatic rings. The molecule has 0 fully saturated rings. The molecule has 0 aliphatic carbocycles. The number of halogens is 2. The van der Waals surface area contributed by atoms with Crippen molar-refractivity contribution >= 4 is 16.9 Å². The van der Waals surface area contributed by atoms with E-state index in [-0.39, 0.29) is 0 Å². The lowest BCUT2D eigenvalue weighted by Gasteiger charge is -1.90. The van der Waals surface area contributed by atoms with Crippen LogP contribution < -0.4 is 0 Å². The maximum absolute atomic E-state index is 11.7. The van der Waals surface area contributed by atoms with Crippen LogP contribution in [0.25, 0.3) is 5.57 Å². The second kappa shape index (κ2) is 3.44. The molecule has 11 heavy (non-hydrogen) atoms. The van der Waals surface area contributed by atoms with E-state index in [1.54, 1.807) is 10.8 Å². The Morgan fingerprint density at radius 3 is 2.82 bits per heavy atom. The van der Waals surface area contributed by atoms with Gasteiger partial charge in [0.25, 0.3) is 6.08 Å². The number of hydrogen-bond donors (Lipinski definition) is 0. The average Bonchev–Trinajstić information content (AvgIpc) is 2.35. The zero-order chi connectivity index (χ0) is 8.27. The molecule has 1 aromatic rings. The van der Waals surface area contributed by atoms with Gasteiger partial charge in [-0.3, -0.25) is 0 Å². The first-order valence-corrected chi connectivity index (χ1v) is 3.80. The first kappa shape index (κ1) is 8.14. The Labute approximate surface area is 67.5 Å². The lowest BCUT2D eigenvalue weighted by Crippen LogP contribution is -1.72. The van der Waals surface area contributed by atoms with Crippen LogP contribution in [0.15, 0.2) is 29.5 Å². The van der Waals surface area contributed by atoms with Crippen LogP contribution in [-0.2, 0) is 0 Å². The molecule has 0 N–H and O–H groups in total. The van der Waals surface area contributed by atoms with Crippen LogP contribution >= 0.6 is 11.3 Å². The van der Waals surface area contributed by atoms with E-state index in [0.717, 1.165) is 6.08 Å². The Hall–Kier alpha value is -0.960. The predicted molar refractivity (Wildman–Crippen MR) is 42.5 cm³/mol. The predicted octanol–water partition coefficient (Wildman–Crippen LogP) is 3.34. The molecule has 0 aromatic carbocycles. The number of allylic oxidation sites excluding steroid dienone is 2. The summed E-state index contributed by atoms with van der Waals surface area (Å²) in [5.41, 5.74) is 0.925. The standard InChI is InChI=1S/C8H5F2S/c1-6(4-8(9)10)7-2-3-11-5-7/h3-5H,1H2. The van der Waals surface area contributed by atoms with Gasteiger partial charge in [-0.1, -0.05) is 6.58 Å². The van der Waals surface area contributed by atoms with Crippen LogP contribution in [0, 0.1) is 6.07 Å². The van der Waals surface area contributed by atoms with Gasteiger partial charge in [-0.2, -0.15) is 20.1 Å². The van der Waals surface area contributed by atoms with Crippen LogP contribution in [0.2, 0.25) is 0 Å². The molecule has 1 heterocycles. The van der Waals surface area contributed by atoms with Crippen LogP contribution in [0.3, 0.4) is 0 Å². The van der Waals surface area contributed by atoms with Crippen LogP contribution in [0.4, 0.5) is 8.78 Å². The lowest BCUT2D eigenvalue weighted by atomic mass is 10.2. The van der Waals surface area contributed by atoms with Crippen molar-refractivity contribution in [1.82, 2.24) is 0 Å². The highest BCUT2D eigenvalue weighted by Gasteiger charge is 1.97. The normalized spacial score (nSPS) is 9.27. The zero-order valence-corrected chi connectivity index (χ0v) is 6.42. The number of thiophene rings is 1. The van der Waals surface area contributed by atoms with Crippen molar-refractivity contribution in [2.75, 3.05) is 0 Å². The molecule has 57 valence electrons. The van der Waals surface area contributed by atoms with Crippen molar-refractivity contribution in [2.45, 2.75) is 0 Å². The van der Waals surface area contributed by atoms with Crippen LogP contribution in [0.1, 0.15) is 5.56 Å². The topological polar surface area (TPSA) is 0 Å². The molecule has 0 unspecified atom stereocenters. The van der Waals surface area contributed by atoms with Crippen LogP contribution in [0.5, 0.6) is 0 Å². The van der Waals surface area contributed by atoms with Gasteiger partial charge in [-0.15, -0.1) is 0 Å². The summed E-state index contributed by atoms with van der Waals surface area (Å²) in [6.45, 7) is 3.46. The minimum atomic E-state index is -1.73. The first-order valence-electron chi connectivity index (χ1n) is 2.86. The molecule has 0 saturated heterocycles. The van der Waals surface area contributed by atoms with Crippen molar-refractivity contribution in [3.05, 3.63) is 41.1 Å². The Morgan fingerprint density at radius 2 is 2.36 bits per heavy atom. The monoisotopic (exact) mass is 171 g/mol. The molecular formula is C8H5F2S. The quantitative estimate of drug-likeness (QED) is 0.598. The van der Waals surface area contributed by atoms with Crippen LogP contribution in [-0.4, -0.2) is 0 Å². The van der Waals surface area contributed by atoms with E-state index < -0.39 is 6.08 Å². The third-order valence-electron chi connectivity index (χ3n) is 1.10. The minimum absolute atomic E-state index is 0.297. The Balaban J connectivity index is 2.80. The van der Waals surface area contributed by atoms with E-state index in [0.29, 0.717) is 11.1 Å². The molecule has 0 bridgehead atoms. The van der Waals surface area contributed by atoms with E-state index in [4.69, 9.17) is 0 Å². The van der Waals surface area contributed by atoms with Gasteiger partial charge in [-0.25, -0.2) is 0 Å². The van der Waals surface area contributed by atoms with Crippen molar-refractivity contribution in [1.29, 1.82) is 0 Å². The van der Waals surface area contributed by atoms with E-state index in [1.807, 2.05) is 0 Å². The minimum Gasteiger partial charge on any atom is -0.173 e. The van der Waals surface area contributed by atoms with Gasteiger partial charge in [0.05, 0.1) is 0 Å². The second-order valence-electron chi connectivity index (χ2n) is 1.89. The summed E-state index contributed by atoms with van der Waals surface area (Å²) >= 11 is 1.40. The molecule has 1 rings (SSSR count). The van der Waals surface area contributed by atoms with Crippen molar-refractivity contribution < 1.29 is 8.78 Å². The van der Waals surface area contributed by atoms with E-state index >= 15 is 0 Å². The molecule has 1 aromatic heterocycles. The van der Waals surface area contributed by atoms with Gasteiger partial charge in [0.15, 0.2) is 0 Å². The van der Waals surface area contributed by atoms with E-state index in [1.165, 1.54) is 11.3 Å². The highest BCUT2D eigenvalue weighted by molar-refractivity contribution is 7.08. The SMILES string of the molecule is C=C(C=C(F)F)c1[c]csc1. The summed E-state index contributed by atoms with van der Waals surface area (Å²) in [5.74, 6) is 0.